The molecular weight excluding hydrogens is 238 g/mol. The lowest BCUT2D eigenvalue weighted by Gasteiger charge is -2.15. The second-order valence-corrected chi connectivity index (χ2v) is 7.03. The van der Waals surface area contributed by atoms with Crippen LogP contribution >= 0.6 is 11.8 Å². The highest BCUT2D eigenvalue weighted by molar-refractivity contribution is 7.99. The van der Waals surface area contributed by atoms with Gasteiger partial charge in [-0.05, 0) is 43.7 Å². The predicted molar refractivity (Wildman–Crippen MR) is 83.5 cm³/mol. The van der Waals surface area contributed by atoms with Crippen LogP contribution < -0.4 is 0 Å². The summed E-state index contributed by atoms with van der Waals surface area (Å²) in [6, 6.07) is 9.50. The van der Waals surface area contributed by atoms with Gasteiger partial charge in [-0.3, -0.25) is 0 Å². The first-order chi connectivity index (χ1) is 8.50. The van der Waals surface area contributed by atoms with Crippen molar-refractivity contribution in [2.45, 2.75) is 51.7 Å². The first-order valence-corrected chi connectivity index (χ1v) is 7.76. The molecule has 1 aromatic heterocycles. The molecule has 18 heavy (non-hydrogen) atoms. The van der Waals surface area contributed by atoms with Gasteiger partial charge in [-0.25, -0.2) is 0 Å². The van der Waals surface area contributed by atoms with E-state index in [0.717, 1.165) is 5.75 Å². The van der Waals surface area contributed by atoms with Crippen LogP contribution in [0.3, 0.4) is 0 Å². The van der Waals surface area contributed by atoms with Crippen LogP contribution in [0, 0.1) is 6.92 Å². The molecule has 0 bridgehead atoms. The van der Waals surface area contributed by atoms with Crippen molar-refractivity contribution in [1.29, 1.82) is 0 Å². The molecule has 98 valence electrons. The highest BCUT2D eigenvalue weighted by atomic mass is 32.2. The first-order valence-electron chi connectivity index (χ1n) is 6.71. The molecule has 0 fully saturated rings. The number of fused-ring (bicyclic) bond motifs is 1. The summed E-state index contributed by atoms with van der Waals surface area (Å²) in [5.74, 6) is 1.10. The van der Waals surface area contributed by atoms with Gasteiger partial charge in [0.25, 0.3) is 0 Å². The quantitative estimate of drug-likeness (QED) is 0.735. The zero-order valence-electron chi connectivity index (χ0n) is 12.0. The van der Waals surface area contributed by atoms with Crippen LogP contribution in [0.2, 0.25) is 0 Å². The Morgan fingerprint density at radius 2 is 1.89 bits per heavy atom. The van der Waals surface area contributed by atoms with Gasteiger partial charge in [0, 0.05) is 28.4 Å². The van der Waals surface area contributed by atoms with Crippen molar-refractivity contribution in [3.05, 3.63) is 35.5 Å². The highest BCUT2D eigenvalue weighted by Crippen LogP contribution is 2.29. The summed E-state index contributed by atoms with van der Waals surface area (Å²) in [6.45, 7) is 11.3. The van der Waals surface area contributed by atoms with E-state index in [0.29, 0.717) is 11.3 Å². The van der Waals surface area contributed by atoms with Crippen LogP contribution in [0.4, 0.5) is 0 Å². The lowest BCUT2D eigenvalue weighted by atomic mass is 10.1. The summed E-state index contributed by atoms with van der Waals surface area (Å²) < 4.78 is 2.48. The molecule has 0 saturated carbocycles. The second kappa shape index (κ2) is 5.40. The van der Waals surface area contributed by atoms with Gasteiger partial charge in [0.1, 0.15) is 0 Å². The molecule has 0 aliphatic rings. The Bertz CT molecular complexity index is 537. The zero-order chi connectivity index (χ0) is 13.3. The maximum atomic E-state index is 2.48. The van der Waals surface area contributed by atoms with Crippen molar-refractivity contribution in [1.82, 2.24) is 4.57 Å². The number of benzene rings is 1. The van der Waals surface area contributed by atoms with Crippen LogP contribution in [-0.2, 0) is 5.75 Å². The van der Waals surface area contributed by atoms with Crippen molar-refractivity contribution in [2.75, 3.05) is 0 Å². The highest BCUT2D eigenvalue weighted by Gasteiger charge is 2.12. The van der Waals surface area contributed by atoms with Crippen molar-refractivity contribution in [3.8, 4) is 0 Å². The lowest BCUT2D eigenvalue weighted by Crippen LogP contribution is -2.05. The number of thioether (sulfide) groups is 1. The van der Waals surface area contributed by atoms with E-state index in [1.165, 1.54) is 22.2 Å². The topological polar surface area (TPSA) is 4.93 Å². The minimum Gasteiger partial charge on any atom is -0.341 e. The minimum atomic E-state index is 0.520. The molecule has 2 aromatic rings. The molecule has 1 aromatic carbocycles. The SMILES string of the molecule is Cc1cccc2c1cc(CSC(C)C)n2C(C)C. The Morgan fingerprint density at radius 3 is 2.50 bits per heavy atom. The van der Waals surface area contributed by atoms with Crippen LogP contribution in [0.5, 0.6) is 0 Å². The maximum absolute atomic E-state index is 2.48. The molecule has 0 atom stereocenters. The molecule has 0 spiro atoms. The molecule has 0 aliphatic heterocycles. The molecule has 1 heterocycles. The molecule has 0 saturated heterocycles. The van der Waals surface area contributed by atoms with Crippen molar-refractivity contribution < 1.29 is 0 Å². The predicted octanol–water partition coefficient (Wildman–Crippen LogP) is 5.17. The van der Waals surface area contributed by atoms with Gasteiger partial charge < -0.3 is 4.57 Å². The molecule has 2 rings (SSSR count). The van der Waals surface area contributed by atoms with Crippen molar-refractivity contribution >= 4 is 22.7 Å². The van der Waals surface area contributed by atoms with Gasteiger partial charge in [0.05, 0.1) is 0 Å². The Hall–Kier alpha value is -0.890. The molecule has 0 radical (unpaired) electrons. The molecular formula is C16H23NS. The molecule has 1 nitrogen and oxygen atoms in total. The number of hydrogen-bond donors (Lipinski definition) is 0. The van der Waals surface area contributed by atoms with Crippen molar-refractivity contribution in [2.24, 2.45) is 0 Å². The Morgan fingerprint density at radius 1 is 1.17 bits per heavy atom. The molecule has 2 heteroatoms. The van der Waals surface area contributed by atoms with E-state index in [2.05, 4.69) is 63.5 Å². The fourth-order valence-corrected chi connectivity index (χ4v) is 3.15. The summed E-state index contributed by atoms with van der Waals surface area (Å²) in [5.41, 5.74) is 4.21. The number of nitrogens with zero attached hydrogens (tertiary/aromatic N) is 1. The van der Waals surface area contributed by atoms with E-state index in [9.17, 15) is 0 Å². The van der Waals surface area contributed by atoms with E-state index in [1.807, 2.05) is 11.8 Å². The third kappa shape index (κ3) is 2.59. The maximum Gasteiger partial charge on any atom is 0.0487 e. The number of aromatic nitrogens is 1. The van der Waals surface area contributed by atoms with E-state index in [-0.39, 0.29) is 0 Å². The summed E-state index contributed by atoms with van der Waals surface area (Å²) in [6.07, 6.45) is 0. The average Bonchev–Trinajstić information content (AvgIpc) is 2.66. The summed E-state index contributed by atoms with van der Waals surface area (Å²) >= 11 is 2.02. The van der Waals surface area contributed by atoms with Crippen LogP contribution in [0.15, 0.2) is 24.3 Å². The van der Waals surface area contributed by atoms with Gasteiger partial charge >= 0.3 is 0 Å². The Labute approximate surface area is 115 Å². The van der Waals surface area contributed by atoms with Gasteiger partial charge in [0.15, 0.2) is 0 Å². The summed E-state index contributed by atoms with van der Waals surface area (Å²) in [7, 11) is 0. The number of rotatable bonds is 4. The van der Waals surface area contributed by atoms with E-state index in [1.54, 1.807) is 0 Å². The standard InChI is InChI=1S/C16H23NS/c1-11(2)17-14(10-18-12(3)4)9-15-13(5)7-6-8-16(15)17/h6-9,11-12H,10H2,1-5H3. The molecule has 0 N–H and O–H groups in total. The van der Waals surface area contributed by atoms with E-state index in [4.69, 9.17) is 0 Å². The Kier molecular flexibility index (Phi) is 4.06. The largest absolute Gasteiger partial charge is 0.341 e. The van der Waals surface area contributed by atoms with Gasteiger partial charge in [-0.2, -0.15) is 11.8 Å². The third-order valence-electron chi connectivity index (χ3n) is 3.26. The van der Waals surface area contributed by atoms with E-state index < -0.39 is 0 Å². The fourth-order valence-electron chi connectivity index (χ4n) is 2.43. The minimum absolute atomic E-state index is 0.520. The summed E-state index contributed by atoms with van der Waals surface area (Å²) in [4.78, 5) is 0. The fraction of sp³-hybridized carbons (Fsp3) is 0.500. The third-order valence-corrected chi connectivity index (χ3v) is 4.39. The van der Waals surface area contributed by atoms with Crippen molar-refractivity contribution in [3.63, 3.8) is 0 Å². The lowest BCUT2D eigenvalue weighted by molar-refractivity contribution is 0.606. The molecule has 0 unspecified atom stereocenters. The molecule has 0 aliphatic carbocycles. The number of aryl methyl sites for hydroxylation is 1. The van der Waals surface area contributed by atoms with Crippen LogP contribution in [0.25, 0.3) is 10.9 Å². The smallest absolute Gasteiger partial charge is 0.0487 e. The van der Waals surface area contributed by atoms with Crippen LogP contribution in [-0.4, -0.2) is 9.82 Å². The van der Waals surface area contributed by atoms with Gasteiger partial charge in [-0.1, -0.05) is 26.0 Å². The Balaban J connectivity index is 2.51. The normalized spacial score (nSPS) is 11.9. The second-order valence-electron chi connectivity index (χ2n) is 5.47. The monoisotopic (exact) mass is 261 g/mol. The van der Waals surface area contributed by atoms with Gasteiger partial charge in [0.2, 0.25) is 0 Å². The van der Waals surface area contributed by atoms with Gasteiger partial charge in [-0.15, -0.1) is 0 Å². The summed E-state index contributed by atoms with van der Waals surface area (Å²) in [5, 5.41) is 2.09. The van der Waals surface area contributed by atoms with Crippen LogP contribution in [0.1, 0.15) is 45.0 Å². The average molecular weight is 261 g/mol. The zero-order valence-corrected chi connectivity index (χ0v) is 12.8. The number of hydrogen-bond acceptors (Lipinski definition) is 1. The molecule has 0 amide bonds. The van der Waals surface area contributed by atoms with E-state index >= 15 is 0 Å². The first kappa shape index (κ1) is 13.5.